The molecule has 0 unspecified atom stereocenters. The standard InChI is InChI=1S/C33H41N5O6.C11H19NO3.CH4/c1-21-8-13-36(14-9-21)30(39)28(20-23-18-22(2)29-27(19-23)43-32(41)35(29)3)44-33(42)37-15-11-25(12-16-37)38-17-10-24-6-4-5-7-26(24)34-31(38)40;1-3-8-15-11(14)10(13)12-6-4-9(2)5-7-12;/h4-7,18-19,21,25,28H,8-17,20H2,1-3H3,(H,34,40);9H,3-8H2,1-2H3;1H4/t28-;;/m1../s1. The number of fused-ring (bicyclic) bond motifs is 2. The maximum atomic E-state index is 13.8. The molecular weight excluding hydrogens is 769 g/mol. The first-order chi connectivity index (χ1) is 28.3. The second kappa shape index (κ2) is 20.8. The number of nitrogens with one attached hydrogen (secondary N) is 1. The fourth-order valence-electron chi connectivity index (χ4n) is 8.42. The molecule has 1 atom stereocenters. The molecule has 328 valence electrons. The number of carbonyl (C=O) groups is 5. The van der Waals surface area contributed by atoms with Crippen molar-refractivity contribution in [2.75, 3.05) is 57.7 Å². The van der Waals surface area contributed by atoms with Gasteiger partial charge in [-0.15, -0.1) is 0 Å². The normalized spacial score (nSPS) is 18.3. The van der Waals surface area contributed by atoms with E-state index in [2.05, 4.69) is 19.2 Å². The average Bonchev–Trinajstić information content (AvgIpc) is 3.41. The lowest BCUT2D eigenvalue weighted by Crippen LogP contribution is -2.51. The number of aromatic nitrogens is 1. The topological polar surface area (TPSA) is 164 Å². The lowest BCUT2D eigenvalue weighted by atomic mass is 9.98. The predicted molar refractivity (Wildman–Crippen MR) is 229 cm³/mol. The first kappa shape index (κ1) is 45.7. The van der Waals surface area contributed by atoms with E-state index in [1.807, 2.05) is 49.1 Å². The number of piperidine rings is 3. The zero-order valence-electron chi connectivity index (χ0n) is 35.2. The van der Waals surface area contributed by atoms with Crippen LogP contribution in [0.25, 0.3) is 11.1 Å². The van der Waals surface area contributed by atoms with Crippen molar-refractivity contribution in [3.05, 3.63) is 63.6 Å². The number of ether oxygens (including phenoxy) is 2. The van der Waals surface area contributed by atoms with Gasteiger partial charge < -0.3 is 38.8 Å². The van der Waals surface area contributed by atoms with Crippen molar-refractivity contribution in [3.8, 4) is 0 Å². The minimum atomic E-state index is -1.00. The summed E-state index contributed by atoms with van der Waals surface area (Å²) in [6, 6.07) is 11.4. The largest absolute Gasteiger partial charge is 0.459 e. The number of rotatable bonds is 7. The molecule has 2 aromatic carbocycles. The first-order valence-electron chi connectivity index (χ1n) is 21.3. The van der Waals surface area contributed by atoms with E-state index in [1.54, 1.807) is 27.8 Å². The molecule has 3 aromatic rings. The summed E-state index contributed by atoms with van der Waals surface area (Å²) in [5.41, 5.74) is 4.72. The third kappa shape index (κ3) is 11.1. The van der Waals surface area contributed by atoms with E-state index >= 15 is 0 Å². The van der Waals surface area contributed by atoms with E-state index in [0.29, 0.717) is 88.2 Å². The Labute approximate surface area is 353 Å². The zero-order chi connectivity index (χ0) is 42.2. The maximum Gasteiger partial charge on any atom is 0.419 e. The molecule has 4 aliphatic rings. The van der Waals surface area contributed by atoms with E-state index in [0.717, 1.165) is 60.9 Å². The molecule has 0 saturated carbocycles. The number of urea groups is 1. The summed E-state index contributed by atoms with van der Waals surface area (Å²) in [5, 5.41) is 3.03. The van der Waals surface area contributed by atoms with Gasteiger partial charge in [0.25, 0.3) is 5.91 Å². The summed E-state index contributed by atoms with van der Waals surface area (Å²) < 4.78 is 17.7. The number of amides is 5. The molecule has 5 amide bonds. The highest BCUT2D eigenvalue weighted by atomic mass is 16.6. The quantitative estimate of drug-likeness (QED) is 0.218. The lowest BCUT2D eigenvalue weighted by molar-refractivity contribution is -0.160. The number of likely N-dealkylation sites (tertiary alicyclic amines) is 3. The molecule has 7 rings (SSSR count). The molecule has 1 N–H and O–H groups in total. The molecule has 15 heteroatoms. The Bertz CT molecular complexity index is 2040. The number of para-hydroxylation sites is 1. The summed E-state index contributed by atoms with van der Waals surface area (Å²) in [6.45, 7) is 12.6. The van der Waals surface area contributed by atoms with E-state index in [4.69, 9.17) is 13.9 Å². The predicted octanol–water partition coefficient (Wildman–Crippen LogP) is 6.13. The molecule has 5 heterocycles. The summed E-state index contributed by atoms with van der Waals surface area (Å²) in [4.78, 5) is 82.2. The molecule has 0 radical (unpaired) electrons. The first-order valence-corrected chi connectivity index (χ1v) is 21.3. The van der Waals surface area contributed by atoms with E-state index in [1.165, 1.54) is 4.57 Å². The van der Waals surface area contributed by atoms with Gasteiger partial charge in [-0.25, -0.2) is 19.2 Å². The van der Waals surface area contributed by atoms with Crippen LogP contribution in [0.5, 0.6) is 0 Å². The monoisotopic (exact) mass is 832 g/mol. The minimum Gasteiger partial charge on any atom is -0.459 e. The van der Waals surface area contributed by atoms with E-state index in [-0.39, 0.29) is 31.8 Å². The smallest absolute Gasteiger partial charge is 0.419 e. The van der Waals surface area contributed by atoms with Gasteiger partial charge in [0.1, 0.15) is 0 Å². The molecule has 1 aromatic heterocycles. The van der Waals surface area contributed by atoms with Crippen molar-refractivity contribution in [3.63, 3.8) is 0 Å². The Hall–Kier alpha value is -5.34. The third-order valence-corrected chi connectivity index (χ3v) is 12.2. The number of aryl methyl sites for hydroxylation is 2. The van der Waals surface area contributed by atoms with Crippen LogP contribution in [-0.2, 0) is 43.7 Å². The van der Waals surface area contributed by atoms with Crippen LogP contribution in [0.1, 0.15) is 89.8 Å². The third-order valence-electron chi connectivity index (χ3n) is 12.2. The van der Waals surface area contributed by atoms with Crippen LogP contribution in [0.15, 0.2) is 45.6 Å². The SMILES string of the molecule is C.CCCOC(=O)C(=O)N1CCC(C)CC1.Cc1cc(C[C@@H](OC(=O)N2CCC(N3CCc4ccccc4NC3=O)CC2)C(=O)N2CCC(C)CC2)cc2oc(=O)n(C)c12. The molecule has 15 nitrogen and oxygen atoms in total. The average molecular weight is 833 g/mol. The highest BCUT2D eigenvalue weighted by molar-refractivity contribution is 6.32. The van der Waals surface area contributed by atoms with Crippen molar-refractivity contribution in [2.45, 2.75) is 105 Å². The van der Waals surface area contributed by atoms with Crippen molar-refractivity contribution in [1.82, 2.24) is 24.2 Å². The van der Waals surface area contributed by atoms with Gasteiger partial charge in [-0.05, 0) is 98.9 Å². The van der Waals surface area contributed by atoms with Gasteiger partial charge in [0.2, 0.25) is 0 Å². The number of benzene rings is 2. The Morgan fingerprint density at radius 2 is 1.47 bits per heavy atom. The van der Waals surface area contributed by atoms with Gasteiger partial charge in [-0.3, -0.25) is 14.2 Å². The minimum absolute atomic E-state index is 0. The van der Waals surface area contributed by atoms with Gasteiger partial charge in [0.05, 0.1) is 12.1 Å². The van der Waals surface area contributed by atoms with Crippen LogP contribution in [0.2, 0.25) is 0 Å². The van der Waals surface area contributed by atoms with Crippen molar-refractivity contribution >= 4 is 46.7 Å². The summed E-state index contributed by atoms with van der Waals surface area (Å²) >= 11 is 0. The summed E-state index contributed by atoms with van der Waals surface area (Å²) in [6.07, 6.45) is 5.21. The van der Waals surface area contributed by atoms with Crippen LogP contribution in [0, 0.1) is 18.8 Å². The molecule has 3 saturated heterocycles. The van der Waals surface area contributed by atoms with Gasteiger partial charge in [0, 0.05) is 71.0 Å². The van der Waals surface area contributed by atoms with Gasteiger partial charge in [-0.1, -0.05) is 52.5 Å². The molecule has 4 aliphatic heterocycles. The van der Waals surface area contributed by atoms with Gasteiger partial charge in [-0.2, -0.15) is 0 Å². The maximum absolute atomic E-state index is 13.8. The van der Waals surface area contributed by atoms with Crippen molar-refractivity contribution < 1.29 is 37.9 Å². The number of anilines is 1. The lowest BCUT2D eigenvalue weighted by Gasteiger charge is -2.38. The summed E-state index contributed by atoms with van der Waals surface area (Å²) in [5.74, 6) is -0.629. The number of carbonyl (C=O) groups excluding carboxylic acids is 5. The van der Waals surface area contributed by atoms with Gasteiger partial charge in [0.15, 0.2) is 11.7 Å². The van der Waals surface area contributed by atoms with E-state index in [9.17, 15) is 28.8 Å². The Morgan fingerprint density at radius 1 is 0.850 bits per heavy atom. The molecule has 0 spiro atoms. The fourth-order valence-corrected chi connectivity index (χ4v) is 8.42. The molecular formula is C45H64N6O9. The number of hydrogen-bond acceptors (Lipinski definition) is 9. The molecule has 0 bridgehead atoms. The number of hydrogen-bond donors (Lipinski definition) is 1. The van der Waals surface area contributed by atoms with Crippen LogP contribution < -0.4 is 11.1 Å². The van der Waals surface area contributed by atoms with Crippen molar-refractivity contribution in [1.29, 1.82) is 0 Å². The fraction of sp³-hybridized carbons (Fsp3) is 0.600. The van der Waals surface area contributed by atoms with Crippen LogP contribution in [0.4, 0.5) is 15.3 Å². The van der Waals surface area contributed by atoms with Crippen LogP contribution in [-0.4, -0.2) is 119 Å². The second-order valence-corrected chi connectivity index (χ2v) is 16.6. The Kier molecular flexibility index (Phi) is 15.8. The zero-order valence-corrected chi connectivity index (χ0v) is 35.2. The molecule has 3 fully saturated rings. The highest BCUT2D eigenvalue weighted by Crippen LogP contribution is 2.27. The summed E-state index contributed by atoms with van der Waals surface area (Å²) in [7, 11) is 1.66. The number of esters is 1. The highest BCUT2D eigenvalue weighted by Gasteiger charge is 2.35. The molecule has 60 heavy (non-hydrogen) atoms. The Balaban J connectivity index is 0.000000362. The van der Waals surface area contributed by atoms with E-state index < -0.39 is 29.8 Å². The Morgan fingerprint density at radius 3 is 2.12 bits per heavy atom. The molecule has 0 aliphatic carbocycles. The van der Waals surface area contributed by atoms with Gasteiger partial charge >= 0.3 is 29.8 Å². The second-order valence-electron chi connectivity index (χ2n) is 16.6. The number of oxazole rings is 1. The number of nitrogens with zero attached hydrogens (tertiary/aromatic N) is 5. The van der Waals surface area contributed by atoms with Crippen molar-refractivity contribution in [2.24, 2.45) is 18.9 Å². The van der Waals surface area contributed by atoms with Crippen LogP contribution in [0.3, 0.4) is 0 Å². The van der Waals surface area contributed by atoms with Crippen LogP contribution >= 0.6 is 0 Å².